The van der Waals surface area contributed by atoms with E-state index in [2.05, 4.69) is 21.4 Å². The number of aromatic nitrogens is 2. The van der Waals surface area contributed by atoms with Gasteiger partial charge in [-0.2, -0.15) is 0 Å². The highest BCUT2D eigenvalue weighted by Crippen LogP contribution is 2.27. The molecule has 0 amide bonds. The van der Waals surface area contributed by atoms with Crippen molar-refractivity contribution < 1.29 is 0 Å². The molecule has 2 aromatic rings. The number of fused-ring (bicyclic) bond motifs is 1. The summed E-state index contributed by atoms with van der Waals surface area (Å²) in [5.41, 5.74) is 1.02. The molecule has 0 radical (unpaired) electrons. The smallest absolute Gasteiger partial charge is 0.137 e. The molecule has 76 valence electrons. The van der Waals surface area contributed by atoms with Crippen LogP contribution in [-0.2, 0) is 0 Å². The number of hydrogen-bond acceptors (Lipinski definition) is 3. The lowest BCUT2D eigenvalue weighted by Crippen LogP contribution is -2.05. The van der Waals surface area contributed by atoms with Gasteiger partial charge in [0.05, 0.1) is 5.52 Å². The van der Waals surface area contributed by atoms with E-state index >= 15 is 0 Å². The standard InChI is InChI=1S/C12H13N3/c1-8-13-11-5-3-2-4-10(11)12(14-8)15-9-6-7-9/h2-5,9H,6-7H2,1H3,(H,13,14,15). The van der Waals surface area contributed by atoms with Crippen molar-refractivity contribution in [3.05, 3.63) is 30.1 Å². The zero-order valence-corrected chi connectivity index (χ0v) is 8.70. The first-order chi connectivity index (χ1) is 7.33. The number of nitrogens with zero attached hydrogens (tertiary/aromatic N) is 2. The molecule has 3 nitrogen and oxygen atoms in total. The summed E-state index contributed by atoms with van der Waals surface area (Å²) in [7, 11) is 0. The maximum Gasteiger partial charge on any atom is 0.137 e. The Morgan fingerprint density at radius 1 is 1.20 bits per heavy atom. The van der Waals surface area contributed by atoms with E-state index in [9.17, 15) is 0 Å². The Hall–Kier alpha value is -1.64. The summed E-state index contributed by atoms with van der Waals surface area (Å²) in [6.45, 7) is 1.94. The number of hydrogen-bond donors (Lipinski definition) is 1. The molecule has 1 N–H and O–H groups in total. The number of para-hydroxylation sites is 1. The molecule has 0 spiro atoms. The molecule has 1 aliphatic carbocycles. The highest BCUT2D eigenvalue weighted by atomic mass is 15.1. The molecule has 1 saturated carbocycles. The van der Waals surface area contributed by atoms with E-state index in [4.69, 9.17) is 0 Å². The minimum absolute atomic E-state index is 0.628. The molecule has 3 rings (SSSR count). The van der Waals surface area contributed by atoms with Crippen molar-refractivity contribution >= 4 is 16.7 Å². The van der Waals surface area contributed by atoms with Gasteiger partial charge in [0.2, 0.25) is 0 Å². The fraction of sp³-hybridized carbons (Fsp3) is 0.333. The van der Waals surface area contributed by atoms with E-state index < -0.39 is 0 Å². The molecule has 3 heteroatoms. The van der Waals surface area contributed by atoms with Gasteiger partial charge in [-0.3, -0.25) is 0 Å². The van der Waals surface area contributed by atoms with Gasteiger partial charge in [-0.1, -0.05) is 12.1 Å². The predicted octanol–water partition coefficient (Wildman–Crippen LogP) is 2.51. The van der Waals surface area contributed by atoms with Crippen LogP contribution in [0.3, 0.4) is 0 Å². The molecular formula is C12H13N3. The minimum Gasteiger partial charge on any atom is -0.367 e. The van der Waals surface area contributed by atoms with E-state index in [1.807, 2.05) is 25.1 Å². The second kappa shape index (κ2) is 3.19. The first-order valence-electron chi connectivity index (χ1n) is 5.33. The van der Waals surface area contributed by atoms with Crippen LogP contribution in [0.1, 0.15) is 18.7 Å². The fourth-order valence-electron chi connectivity index (χ4n) is 1.72. The van der Waals surface area contributed by atoms with E-state index in [1.54, 1.807) is 0 Å². The average Bonchev–Trinajstić information content (AvgIpc) is 3.01. The van der Waals surface area contributed by atoms with Crippen LogP contribution in [0.4, 0.5) is 5.82 Å². The van der Waals surface area contributed by atoms with E-state index in [0.717, 1.165) is 22.5 Å². The summed E-state index contributed by atoms with van der Waals surface area (Å²) in [4.78, 5) is 8.87. The Kier molecular flexibility index (Phi) is 1.84. The van der Waals surface area contributed by atoms with Crippen molar-refractivity contribution in [3.63, 3.8) is 0 Å². The molecule has 0 aliphatic heterocycles. The number of anilines is 1. The van der Waals surface area contributed by atoms with Gasteiger partial charge in [-0.25, -0.2) is 9.97 Å². The first kappa shape index (κ1) is 8.65. The Bertz CT molecular complexity index is 503. The second-order valence-corrected chi connectivity index (χ2v) is 4.06. The Morgan fingerprint density at radius 3 is 2.80 bits per heavy atom. The van der Waals surface area contributed by atoms with Gasteiger partial charge in [-0.15, -0.1) is 0 Å². The lowest BCUT2D eigenvalue weighted by Gasteiger charge is -2.07. The normalized spacial score (nSPS) is 15.5. The molecule has 0 atom stereocenters. The van der Waals surface area contributed by atoms with Crippen molar-refractivity contribution in [2.75, 3.05) is 5.32 Å². The van der Waals surface area contributed by atoms with E-state index in [0.29, 0.717) is 6.04 Å². The summed E-state index contributed by atoms with van der Waals surface area (Å²) in [5.74, 6) is 1.82. The minimum atomic E-state index is 0.628. The van der Waals surface area contributed by atoms with Gasteiger partial charge >= 0.3 is 0 Å². The molecule has 1 heterocycles. The SMILES string of the molecule is Cc1nc(NC2CC2)c2ccccc2n1. The van der Waals surface area contributed by atoms with Gasteiger partial charge < -0.3 is 5.32 Å². The predicted molar refractivity (Wildman–Crippen MR) is 60.9 cm³/mol. The van der Waals surface area contributed by atoms with Crippen LogP contribution in [0, 0.1) is 6.92 Å². The molecule has 0 bridgehead atoms. The molecule has 1 aliphatic rings. The highest BCUT2D eigenvalue weighted by Gasteiger charge is 2.22. The second-order valence-electron chi connectivity index (χ2n) is 4.06. The lowest BCUT2D eigenvalue weighted by atomic mass is 10.2. The summed E-state index contributed by atoms with van der Waals surface area (Å²) in [6, 6.07) is 8.76. The fourth-order valence-corrected chi connectivity index (χ4v) is 1.72. The molecule has 0 saturated heterocycles. The third kappa shape index (κ3) is 1.65. The lowest BCUT2D eigenvalue weighted by molar-refractivity contribution is 1.05. The van der Waals surface area contributed by atoms with Gasteiger partial charge in [-0.05, 0) is 31.9 Å². The van der Waals surface area contributed by atoms with E-state index in [1.165, 1.54) is 12.8 Å². The number of aryl methyl sites for hydroxylation is 1. The quantitative estimate of drug-likeness (QED) is 0.807. The van der Waals surface area contributed by atoms with Crippen LogP contribution >= 0.6 is 0 Å². The number of benzene rings is 1. The van der Waals surface area contributed by atoms with Crippen LogP contribution in [0.5, 0.6) is 0 Å². The molecule has 1 aromatic heterocycles. The molecule has 15 heavy (non-hydrogen) atoms. The average molecular weight is 199 g/mol. The van der Waals surface area contributed by atoms with Crippen molar-refractivity contribution in [1.82, 2.24) is 9.97 Å². The molecule has 1 fully saturated rings. The maximum atomic E-state index is 4.46. The summed E-state index contributed by atoms with van der Waals surface area (Å²) >= 11 is 0. The topological polar surface area (TPSA) is 37.8 Å². The Morgan fingerprint density at radius 2 is 2.00 bits per heavy atom. The van der Waals surface area contributed by atoms with Gasteiger partial charge in [0.15, 0.2) is 0 Å². The molecular weight excluding hydrogens is 186 g/mol. The van der Waals surface area contributed by atoms with Crippen LogP contribution in [0.15, 0.2) is 24.3 Å². The van der Waals surface area contributed by atoms with Crippen molar-refractivity contribution in [1.29, 1.82) is 0 Å². The van der Waals surface area contributed by atoms with Crippen molar-refractivity contribution in [2.24, 2.45) is 0 Å². The van der Waals surface area contributed by atoms with Crippen molar-refractivity contribution in [2.45, 2.75) is 25.8 Å². The monoisotopic (exact) mass is 199 g/mol. The van der Waals surface area contributed by atoms with Gasteiger partial charge in [0.1, 0.15) is 11.6 Å². The summed E-state index contributed by atoms with van der Waals surface area (Å²) in [5, 5.41) is 4.57. The van der Waals surface area contributed by atoms with Gasteiger partial charge in [0.25, 0.3) is 0 Å². The van der Waals surface area contributed by atoms with Crippen LogP contribution < -0.4 is 5.32 Å². The Balaban J connectivity index is 2.16. The largest absolute Gasteiger partial charge is 0.367 e. The van der Waals surface area contributed by atoms with Crippen LogP contribution in [0.2, 0.25) is 0 Å². The third-order valence-electron chi connectivity index (χ3n) is 2.63. The third-order valence-corrected chi connectivity index (χ3v) is 2.63. The van der Waals surface area contributed by atoms with Crippen LogP contribution in [-0.4, -0.2) is 16.0 Å². The highest BCUT2D eigenvalue weighted by molar-refractivity contribution is 5.89. The Labute approximate surface area is 88.6 Å². The zero-order valence-electron chi connectivity index (χ0n) is 8.70. The maximum absolute atomic E-state index is 4.46. The summed E-state index contributed by atoms with van der Waals surface area (Å²) < 4.78 is 0. The summed E-state index contributed by atoms with van der Waals surface area (Å²) in [6.07, 6.45) is 2.52. The molecule has 0 unspecified atom stereocenters. The van der Waals surface area contributed by atoms with E-state index in [-0.39, 0.29) is 0 Å². The first-order valence-corrected chi connectivity index (χ1v) is 5.33. The number of rotatable bonds is 2. The zero-order chi connectivity index (χ0) is 10.3. The number of nitrogens with one attached hydrogen (secondary N) is 1. The van der Waals surface area contributed by atoms with Gasteiger partial charge in [0, 0.05) is 11.4 Å². The van der Waals surface area contributed by atoms with Crippen LogP contribution in [0.25, 0.3) is 10.9 Å². The molecule has 1 aromatic carbocycles. The van der Waals surface area contributed by atoms with Crippen molar-refractivity contribution in [3.8, 4) is 0 Å².